The zero-order valence-electron chi connectivity index (χ0n) is 23.3. The molecule has 4 N–H and O–H groups in total. The van der Waals surface area contributed by atoms with Crippen LogP contribution in [0.25, 0.3) is 0 Å². The van der Waals surface area contributed by atoms with Gasteiger partial charge in [-0.1, -0.05) is 81.1 Å². The smallest absolute Gasteiger partial charge is 0.326 e. The number of aryl methyl sites for hydroxylation is 1. The monoisotopic (exact) mass is 702 g/mol. The fourth-order valence-corrected chi connectivity index (χ4v) is 6.52. The predicted molar refractivity (Wildman–Crippen MR) is 171 cm³/mol. The first-order valence-electron chi connectivity index (χ1n) is 13.7. The summed E-state index contributed by atoms with van der Waals surface area (Å²) >= 11 is 15.4. The Morgan fingerprint density at radius 3 is 2.00 bits per heavy atom. The lowest BCUT2D eigenvalue weighted by Crippen LogP contribution is -2.36. The summed E-state index contributed by atoms with van der Waals surface area (Å²) in [6, 6.07) is 19.3. The number of carboxylic acids is 2. The van der Waals surface area contributed by atoms with Crippen molar-refractivity contribution in [3.63, 3.8) is 0 Å². The van der Waals surface area contributed by atoms with Gasteiger partial charge in [-0.2, -0.15) is 0 Å². The van der Waals surface area contributed by atoms with Crippen LogP contribution >= 0.6 is 39.1 Å². The first-order chi connectivity index (χ1) is 20.9. The summed E-state index contributed by atoms with van der Waals surface area (Å²) in [5, 5.41) is 24.8. The van der Waals surface area contributed by atoms with Crippen LogP contribution in [0.4, 0.5) is 20.2 Å². The Hall–Kier alpha value is -3.66. The van der Waals surface area contributed by atoms with Crippen LogP contribution in [0.3, 0.4) is 0 Å². The molecule has 4 aromatic carbocycles. The van der Waals surface area contributed by atoms with E-state index in [1.165, 1.54) is 18.2 Å². The molecule has 0 bridgehead atoms. The van der Waals surface area contributed by atoms with Crippen molar-refractivity contribution >= 4 is 62.4 Å². The summed E-state index contributed by atoms with van der Waals surface area (Å²) in [4.78, 5) is 22.8. The molecular formula is C33H27BrCl2F2N2O4. The van der Waals surface area contributed by atoms with Gasteiger partial charge < -0.3 is 20.8 Å². The minimum Gasteiger partial charge on any atom is -0.480 e. The minimum absolute atomic E-state index is 0.203. The van der Waals surface area contributed by atoms with E-state index >= 15 is 0 Å². The zero-order valence-corrected chi connectivity index (χ0v) is 26.4. The van der Waals surface area contributed by atoms with Crippen LogP contribution in [0.1, 0.15) is 52.5 Å². The lowest BCUT2D eigenvalue weighted by atomic mass is 9.81. The number of fused-ring (bicyclic) bond motifs is 2. The highest BCUT2D eigenvalue weighted by atomic mass is 79.9. The van der Waals surface area contributed by atoms with Gasteiger partial charge in [-0.15, -0.1) is 0 Å². The Morgan fingerprint density at radius 2 is 1.39 bits per heavy atom. The van der Waals surface area contributed by atoms with Crippen LogP contribution in [0.2, 0.25) is 10.0 Å². The molecule has 6 rings (SSSR count). The molecule has 2 aliphatic heterocycles. The van der Waals surface area contributed by atoms with E-state index in [-0.39, 0.29) is 22.5 Å². The first-order valence-corrected chi connectivity index (χ1v) is 15.2. The van der Waals surface area contributed by atoms with Crippen molar-refractivity contribution in [2.75, 3.05) is 10.6 Å². The van der Waals surface area contributed by atoms with Crippen LogP contribution in [-0.4, -0.2) is 34.2 Å². The number of carboxylic acid groups (broad SMARTS) is 2. The first kappa shape index (κ1) is 31.8. The molecule has 0 aliphatic carbocycles. The number of aliphatic carboxylic acids is 2. The van der Waals surface area contributed by atoms with Gasteiger partial charge in [0.05, 0.1) is 16.4 Å². The average molecular weight is 704 g/mol. The second kappa shape index (κ2) is 13.1. The summed E-state index contributed by atoms with van der Waals surface area (Å²) in [5.74, 6) is -3.32. The van der Waals surface area contributed by atoms with E-state index in [9.17, 15) is 28.6 Å². The summed E-state index contributed by atoms with van der Waals surface area (Å²) < 4.78 is 28.9. The molecule has 2 heterocycles. The third-order valence-electron chi connectivity index (χ3n) is 7.81. The van der Waals surface area contributed by atoms with Crippen molar-refractivity contribution in [1.29, 1.82) is 0 Å². The van der Waals surface area contributed by atoms with Gasteiger partial charge in [0.1, 0.15) is 23.7 Å². The molecule has 44 heavy (non-hydrogen) atoms. The summed E-state index contributed by atoms with van der Waals surface area (Å²) in [6.45, 7) is 1.97. The quantitative estimate of drug-likeness (QED) is 0.170. The molecule has 0 radical (unpaired) electrons. The van der Waals surface area contributed by atoms with Gasteiger partial charge in [0.15, 0.2) is 0 Å². The highest BCUT2D eigenvalue weighted by Crippen LogP contribution is 2.44. The number of carbonyl (C=O) groups is 2. The molecular weight excluding hydrogens is 677 g/mol. The third kappa shape index (κ3) is 6.85. The molecule has 0 spiro atoms. The second-order valence-corrected chi connectivity index (χ2v) is 12.6. The third-order valence-corrected chi connectivity index (χ3v) is 8.86. The van der Waals surface area contributed by atoms with Crippen molar-refractivity contribution in [2.24, 2.45) is 0 Å². The van der Waals surface area contributed by atoms with E-state index in [0.717, 1.165) is 21.2 Å². The number of benzene rings is 4. The highest BCUT2D eigenvalue weighted by molar-refractivity contribution is 9.10. The van der Waals surface area contributed by atoms with E-state index in [4.69, 9.17) is 23.2 Å². The van der Waals surface area contributed by atoms with E-state index in [1.54, 1.807) is 6.07 Å². The number of nitrogens with one attached hydrogen (secondary N) is 2. The van der Waals surface area contributed by atoms with Crippen LogP contribution in [0, 0.1) is 18.6 Å². The van der Waals surface area contributed by atoms with Gasteiger partial charge in [0.2, 0.25) is 0 Å². The van der Waals surface area contributed by atoms with Gasteiger partial charge in [0, 0.05) is 21.3 Å². The van der Waals surface area contributed by atoms with Crippen molar-refractivity contribution < 1.29 is 28.6 Å². The molecule has 0 saturated carbocycles. The molecule has 4 aromatic rings. The van der Waals surface area contributed by atoms with Crippen LogP contribution in [0.5, 0.6) is 0 Å². The highest BCUT2D eigenvalue weighted by Gasteiger charge is 2.34. The molecule has 11 heteroatoms. The number of hydrogen-bond donors (Lipinski definition) is 4. The summed E-state index contributed by atoms with van der Waals surface area (Å²) in [5.41, 5.74) is 5.09. The summed E-state index contributed by atoms with van der Waals surface area (Å²) in [7, 11) is 0. The number of anilines is 2. The van der Waals surface area contributed by atoms with Gasteiger partial charge in [-0.25, -0.2) is 18.4 Å². The molecule has 0 aromatic heterocycles. The van der Waals surface area contributed by atoms with Crippen molar-refractivity contribution in [1.82, 2.24) is 0 Å². The van der Waals surface area contributed by atoms with Gasteiger partial charge >= 0.3 is 11.9 Å². The topological polar surface area (TPSA) is 98.7 Å². The predicted octanol–water partition coefficient (Wildman–Crippen LogP) is 8.83. The van der Waals surface area contributed by atoms with Gasteiger partial charge in [-0.3, -0.25) is 0 Å². The molecule has 228 valence electrons. The Labute approximate surface area is 271 Å². The molecule has 2 aliphatic rings. The Balaban J connectivity index is 0.000000175. The van der Waals surface area contributed by atoms with E-state index < -0.39 is 35.7 Å². The van der Waals surface area contributed by atoms with Crippen molar-refractivity contribution in [2.45, 2.75) is 43.7 Å². The van der Waals surface area contributed by atoms with E-state index in [2.05, 4.69) is 26.6 Å². The number of halogens is 5. The SMILES string of the molecule is Cc1cccc(C2CC(C(=O)O)Nc3c(Cl)cc(F)cc32)c1.O=C(O)C1CC(c2ccc(Br)cc2)c2cc(Cl)cc(F)c2N1. The molecule has 6 nitrogen and oxygen atoms in total. The molecule has 0 fully saturated rings. The zero-order chi connectivity index (χ0) is 31.7. The Morgan fingerprint density at radius 1 is 0.795 bits per heavy atom. The minimum atomic E-state index is -0.998. The molecule has 0 amide bonds. The fourth-order valence-electron chi connectivity index (χ4n) is 5.77. The van der Waals surface area contributed by atoms with E-state index in [0.29, 0.717) is 34.7 Å². The average Bonchev–Trinajstić information content (AvgIpc) is 2.97. The maximum Gasteiger partial charge on any atom is 0.326 e. The number of rotatable bonds is 4. The van der Waals surface area contributed by atoms with Crippen LogP contribution in [-0.2, 0) is 9.59 Å². The standard InChI is InChI=1S/C17H15ClFNO2.C16H12BrClFNO2/c1-9-3-2-4-10(5-9)12-8-15(17(21)22)20-16-13(12)6-11(19)7-14(16)18;17-9-3-1-8(2-4-9)11-7-14(16(21)22)20-15-12(11)5-10(18)6-13(15)19/h2-7,12,15,20H,8H2,1H3,(H,21,22);1-6,11,14,20H,7H2,(H,21,22). The van der Waals surface area contributed by atoms with Gasteiger partial charge in [-0.05, 0) is 78.4 Å². The maximum atomic E-state index is 14.2. The molecule has 4 atom stereocenters. The Bertz CT molecular complexity index is 1740. The lowest BCUT2D eigenvalue weighted by molar-refractivity contribution is -0.139. The van der Waals surface area contributed by atoms with Crippen LogP contribution < -0.4 is 10.6 Å². The maximum absolute atomic E-state index is 14.2. The largest absolute Gasteiger partial charge is 0.480 e. The Kier molecular flexibility index (Phi) is 9.48. The van der Waals surface area contributed by atoms with Gasteiger partial charge in [0.25, 0.3) is 0 Å². The number of hydrogen-bond acceptors (Lipinski definition) is 4. The molecule has 0 saturated heterocycles. The van der Waals surface area contributed by atoms with Crippen LogP contribution in [0.15, 0.2) is 77.3 Å². The second-order valence-electron chi connectivity index (χ2n) is 10.8. The molecule has 4 unspecified atom stereocenters. The van der Waals surface area contributed by atoms with Crippen molar-refractivity contribution in [3.05, 3.63) is 127 Å². The van der Waals surface area contributed by atoms with Crippen molar-refractivity contribution in [3.8, 4) is 0 Å². The fraction of sp³-hybridized carbons (Fsp3) is 0.212. The lowest BCUT2D eigenvalue weighted by Gasteiger charge is -2.32. The van der Waals surface area contributed by atoms with E-state index in [1.807, 2.05) is 55.5 Å². The summed E-state index contributed by atoms with van der Waals surface area (Å²) in [6.07, 6.45) is 0.690. The normalized spacial score (nSPS) is 20.1.